The molecule has 0 aliphatic rings. The zero-order valence-corrected chi connectivity index (χ0v) is 11.4. The Kier molecular flexibility index (Phi) is 4.61. The Bertz CT molecular complexity index is 647. The van der Waals surface area contributed by atoms with E-state index in [0.29, 0.717) is 5.75 Å². The van der Waals surface area contributed by atoms with Gasteiger partial charge in [0.25, 0.3) is 0 Å². The fraction of sp³-hybridized carbons (Fsp3) is 0.133. The lowest BCUT2D eigenvalue weighted by Crippen LogP contribution is -2.28. The number of urea groups is 1. The molecule has 0 aromatic heterocycles. The van der Waals surface area contributed by atoms with Gasteiger partial charge in [0, 0.05) is 6.54 Å². The molecule has 0 aliphatic heterocycles. The third kappa shape index (κ3) is 3.85. The quantitative estimate of drug-likeness (QED) is 0.811. The average Bonchev–Trinajstić information content (AvgIpc) is 2.49. The number of phenols is 1. The molecule has 0 saturated carbocycles. The molecule has 0 fully saturated rings. The summed E-state index contributed by atoms with van der Waals surface area (Å²) in [6, 6.07) is 10.1. The number of benzene rings is 2. The van der Waals surface area contributed by atoms with Gasteiger partial charge in [0.15, 0.2) is 11.5 Å². The molecular formula is C15H15FN2O3. The van der Waals surface area contributed by atoms with Crippen LogP contribution in [0.1, 0.15) is 5.56 Å². The van der Waals surface area contributed by atoms with Gasteiger partial charge in [-0.2, -0.15) is 0 Å². The number of anilines is 1. The molecule has 0 heterocycles. The highest BCUT2D eigenvalue weighted by atomic mass is 19.1. The van der Waals surface area contributed by atoms with Crippen LogP contribution in [0, 0.1) is 5.82 Å². The fourth-order valence-corrected chi connectivity index (χ4v) is 1.74. The number of methoxy groups -OCH3 is 1. The Morgan fingerprint density at radius 1 is 1.29 bits per heavy atom. The van der Waals surface area contributed by atoms with Crippen molar-refractivity contribution in [2.75, 3.05) is 12.4 Å². The summed E-state index contributed by atoms with van der Waals surface area (Å²) < 4.78 is 18.3. The first kappa shape index (κ1) is 14.6. The molecule has 0 aliphatic carbocycles. The van der Waals surface area contributed by atoms with Gasteiger partial charge in [0.1, 0.15) is 5.82 Å². The topological polar surface area (TPSA) is 70.6 Å². The Morgan fingerprint density at radius 2 is 2.05 bits per heavy atom. The first-order chi connectivity index (χ1) is 10.1. The van der Waals surface area contributed by atoms with Crippen LogP contribution in [-0.2, 0) is 6.54 Å². The second-order valence-electron chi connectivity index (χ2n) is 4.29. The van der Waals surface area contributed by atoms with E-state index in [2.05, 4.69) is 10.6 Å². The van der Waals surface area contributed by atoms with Crippen molar-refractivity contribution in [3.63, 3.8) is 0 Å². The predicted octanol–water partition coefficient (Wildman–Crippen LogP) is 2.86. The molecule has 6 heteroatoms. The number of aromatic hydroxyl groups is 1. The highest BCUT2D eigenvalue weighted by Gasteiger charge is 2.07. The maximum Gasteiger partial charge on any atom is 0.319 e. The molecule has 0 bridgehead atoms. The number of carbonyl (C=O) groups excluding carboxylic acids is 1. The fourth-order valence-electron chi connectivity index (χ4n) is 1.74. The molecule has 2 aromatic rings. The standard InChI is InChI=1S/C15H15FN2O3/c1-21-14-8-10(6-7-13(14)19)9-17-15(20)18-12-5-3-2-4-11(12)16/h2-8,19H,9H2,1H3,(H2,17,18,20). The Labute approximate surface area is 121 Å². The lowest BCUT2D eigenvalue weighted by molar-refractivity contribution is 0.251. The summed E-state index contributed by atoms with van der Waals surface area (Å²) in [5.74, 6) is -0.153. The SMILES string of the molecule is COc1cc(CNC(=O)Nc2ccccc2F)ccc1O. The number of hydrogen-bond acceptors (Lipinski definition) is 3. The molecule has 110 valence electrons. The van der Waals surface area contributed by atoms with Gasteiger partial charge in [-0.3, -0.25) is 0 Å². The van der Waals surface area contributed by atoms with Gasteiger partial charge >= 0.3 is 6.03 Å². The van der Waals surface area contributed by atoms with Crippen LogP contribution in [0.15, 0.2) is 42.5 Å². The van der Waals surface area contributed by atoms with Crippen LogP contribution < -0.4 is 15.4 Å². The summed E-state index contributed by atoms with van der Waals surface area (Å²) in [6.45, 7) is 0.219. The van der Waals surface area contributed by atoms with Gasteiger partial charge in [-0.15, -0.1) is 0 Å². The number of carbonyl (C=O) groups is 1. The Balaban J connectivity index is 1.94. The predicted molar refractivity (Wildman–Crippen MR) is 76.9 cm³/mol. The minimum Gasteiger partial charge on any atom is -0.504 e. The summed E-state index contributed by atoms with van der Waals surface area (Å²) >= 11 is 0. The van der Waals surface area contributed by atoms with Gasteiger partial charge in [-0.05, 0) is 29.8 Å². The smallest absolute Gasteiger partial charge is 0.319 e. The van der Waals surface area contributed by atoms with E-state index in [0.717, 1.165) is 5.56 Å². The van der Waals surface area contributed by atoms with Crippen LogP contribution >= 0.6 is 0 Å². The molecule has 0 saturated heterocycles. The third-order valence-electron chi connectivity index (χ3n) is 2.82. The van der Waals surface area contributed by atoms with Crippen molar-refractivity contribution in [1.29, 1.82) is 0 Å². The van der Waals surface area contributed by atoms with Gasteiger partial charge in [0.05, 0.1) is 12.8 Å². The van der Waals surface area contributed by atoms with E-state index in [4.69, 9.17) is 4.74 Å². The van der Waals surface area contributed by atoms with Crippen LogP contribution in [0.3, 0.4) is 0 Å². The van der Waals surface area contributed by atoms with Crippen molar-refractivity contribution in [2.24, 2.45) is 0 Å². The van der Waals surface area contributed by atoms with Crippen LogP contribution in [0.4, 0.5) is 14.9 Å². The molecule has 21 heavy (non-hydrogen) atoms. The van der Waals surface area contributed by atoms with Crippen LogP contribution in [0.25, 0.3) is 0 Å². The summed E-state index contributed by atoms with van der Waals surface area (Å²) in [7, 11) is 1.44. The summed E-state index contributed by atoms with van der Waals surface area (Å²) in [5, 5.41) is 14.5. The van der Waals surface area contributed by atoms with E-state index in [-0.39, 0.29) is 18.0 Å². The van der Waals surface area contributed by atoms with E-state index in [1.165, 1.54) is 25.3 Å². The number of halogens is 1. The van der Waals surface area contributed by atoms with Crippen molar-refractivity contribution in [2.45, 2.75) is 6.54 Å². The molecule has 0 spiro atoms. The second-order valence-corrected chi connectivity index (χ2v) is 4.29. The van der Waals surface area contributed by atoms with Crippen molar-refractivity contribution in [3.8, 4) is 11.5 Å². The zero-order valence-electron chi connectivity index (χ0n) is 11.4. The highest BCUT2D eigenvalue weighted by molar-refractivity contribution is 5.89. The first-order valence-corrected chi connectivity index (χ1v) is 6.25. The monoisotopic (exact) mass is 290 g/mol. The van der Waals surface area contributed by atoms with E-state index in [9.17, 15) is 14.3 Å². The number of rotatable bonds is 4. The normalized spacial score (nSPS) is 10.0. The molecular weight excluding hydrogens is 275 g/mol. The van der Waals surface area contributed by atoms with E-state index >= 15 is 0 Å². The van der Waals surface area contributed by atoms with E-state index in [1.807, 2.05) is 0 Å². The third-order valence-corrected chi connectivity index (χ3v) is 2.82. The van der Waals surface area contributed by atoms with Gasteiger partial charge in [-0.25, -0.2) is 9.18 Å². The molecule has 2 rings (SSSR count). The molecule has 2 aromatic carbocycles. The molecule has 2 amide bonds. The number of nitrogens with one attached hydrogen (secondary N) is 2. The minimum absolute atomic E-state index is 0.0251. The lowest BCUT2D eigenvalue weighted by atomic mass is 10.2. The maximum absolute atomic E-state index is 13.4. The van der Waals surface area contributed by atoms with Gasteiger partial charge in [-0.1, -0.05) is 18.2 Å². The van der Waals surface area contributed by atoms with Crippen molar-refractivity contribution >= 4 is 11.7 Å². The van der Waals surface area contributed by atoms with Crippen LogP contribution in [0.2, 0.25) is 0 Å². The molecule has 0 radical (unpaired) electrons. The molecule has 0 atom stereocenters. The first-order valence-electron chi connectivity index (χ1n) is 6.25. The number of amides is 2. The largest absolute Gasteiger partial charge is 0.504 e. The summed E-state index contributed by atoms with van der Waals surface area (Å²) in [6.07, 6.45) is 0. The Hall–Kier alpha value is -2.76. The summed E-state index contributed by atoms with van der Waals surface area (Å²) in [5.41, 5.74) is 0.853. The number of phenolic OH excluding ortho intramolecular Hbond substituents is 1. The van der Waals surface area contributed by atoms with E-state index < -0.39 is 11.8 Å². The minimum atomic E-state index is -0.521. The highest BCUT2D eigenvalue weighted by Crippen LogP contribution is 2.26. The molecule has 5 nitrogen and oxygen atoms in total. The maximum atomic E-state index is 13.4. The van der Waals surface area contributed by atoms with E-state index in [1.54, 1.807) is 24.3 Å². The van der Waals surface area contributed by atoms with Crippen molar-refractivity contribution in [1.82, 2.24) is 5.32 Å². The molecule has 0 unspecified atom stereocenters. The second kappa shape index (κ2) is 6.60. The number of hydrogen-bond donors (Lipinski definition) is 3. The van der Waals surface area contributed by atoms with Gasteiger partial charge < -0.3 is 20.5 Å². The Morgan fingerprint density at radius 3 is 2.76 bits per heavy atom. The summed E-state index contributed by atoms with van der Waals surface area (Å²) in [4.78, 5) is 11.7. The zero-order chi connectivity index (χ0) is 15.2. The number of para-hydroxylation sites is 1. The van der Waals surface area contributed by atoms with Crippen molar-refractivity contribution in [3.05, 3.63) is 53.8 Å². The van der Waals surface area contributed by atoms with Crippen molar-refractivity contribution < 1.29 is 19.0 Å². The van der Waals surface area contributed by atoms with Crippen LogP contribution in [0.5, 0.6) is 11.5 Å². The van der Waals surface area contributed by atoms with Crippen LogP contribution in [-0.4, -0.2) is 18.2 Å². The molecule has 3 N–H and O–H groups in total. The number of ether oxygens (including phenoxy) is 1. The lowest BCUT2D eigenvalue weighted by Gasteiger charge is -2.10. The van der Waals surface area contributed by atoms with Gasteiger partial charge in [0.2, 0.25) is 0 Å². The average molecular weight is 290 g/mol.